The number of aromatic amines is 1. The average molecular weight is 451 g/mol. The van der Waals surface area contributed by atoms with Crippen LogP contribution in [0.15, 0.2) is 66.9 Å². The number of para-hydroxylation sites is 2. The largest absolute Gasteiger partial charge is 0.340 e. The van der Waals surface area contributed by atoms with Crippen molar-refractivity contribution in [2.45, 2.75) is 38.8 Å². The van der Waals surface area contributed by atoms with Crippen LogP contribution in [0, 0.1) is 0 Å². The smallest absolute Gasteiger partial charge is 0.255 e. The third-order valence-electron chi connectivity index (χ3n) is 6.59. The molecule has 1 aliphatic rings. The first kappa shape index (κ1) is 20.6. The third kappa shape index (κ3) is 3.36. The number of H-pyrrole nitrogens is 1. The molecule has 1 amide bonds. The molecule has 1 atom stereocenters. The Morgan fingerprint density at radius 3 is 2.65 bits per heavy atom. The van der Waals surface area contributed by atoms with Crippen LogP contribution in [0.3, 0.4) is 0 Å². The van der Waals surface area contributed by atoms with Gasteiger partial charge in [-0.05, 0) is 44.9 Å². The summed E-state index contributed by atoms with van der Waals surface area (Å²) in [5.41, 5.74) is 5.04. The number of hydrogen-bond acceptors (Lipinski definition) is 4. The van der Waals surface area contributed by atoms with Crippen molar-refractivity contribution >= 4 is 28.0 Å². The maximum absolute atomic E-state index is 14.0. The van der Waals surface area contributed by atoms with Crippen molar-refractivity contribution in [2.24, 2.45) is 0 Å². The van der Waals surface area contributed by atoms with E-state index >= 15 is 0 Å². The first-order chi connectivity index (χ1) is 16.6. The summed E-state index contributed by atoms with van der Waals surface area (Å²) < 4.78 is 1.89. The molecule has 0 radical (unpaired) electrons. The van der Waals surface area contributed by atoms with Gasteiger partial charge in [-0.2, -0.15) is 5.10 Å². The second-order valence-electron chi connectivity index (χ2n) is 9.14. The number of aromatic nitrogens is 5. The summed E-state index contributed by atoms with van der Waals surface area (Å²) in [6.45, 7) is 4.84. The number of carbonyl (C=O) groups is 1. The van der Waals surface area contributed by atoms with Crippen LogP contribution in [0.2, 0.25) is 0 Å². The number of imidazole rings is 1. The van der Waals surface area contributed by atoms with Crippen molar-refractivity contribution in [3.63, 3.8) is 0 Å². The van der Waals surface area contributed by atoms with E-state index in [9.17, 15) is 4.79 Å². The molecule has 0 spiro atoms. The zero-order chi connectivity index (χ0) is 23.2. The fourth-order valence-corrected chi connectivity index (χ4v) is 4.91. The Morgan fingerprint density at radius 2 is 1.85 bits per heavy atom. The summed E-state index contributed by atoms with van der Waals surface area (Å²) in [5, 5.41) is 5.36. The van der Waals surface area contributed by atoms with Gasteiger partial charge in [0.1, 0.15) is 5.82 Å². The fraction of sp³-hybridized carbons (Fsp3) is 0.259. The SMILES string of the molecule is CC(C)n1ncc2c(C(=O)N3CCCC3c3nc4ccccc4[nH]3)cc(-c3ccccc3)nc21. The van der Waals surface area contributed by atoms with Crippen molar-refractivity contribution in [2.75, 3.05) is 6.54 Å². The molecule has 170 valence electrons. The number of benzene rings is 2. The van der Waals surface area contributed by atoms with Gasteiger partial charge in [-0.3, -0.25) is 4.79 Å². The van der Waals surface area contributed by atoms with Crippen LogP contribution >= 0.6 is 0 Å². The molecule has 1 fully saturated rings. The lowest BCUT2D eigenvalue weighted by Crippen LogP contribution is -2.31. The van der Waals surface area contributed by atoms with Gasteiger partial charge in [0.2, 0.25) is 0 Å². The highest BCUT2D eigenvalue weighted by atomic mass is 16.2. The predicted octanol–water partition coefficient (Wildman–Crippen LogP) is 5.53. The second-order valence-corrected chi connectivity index (χ2v) is 9.14. The molecular weight excluding hydrogens is 424 g/mol. The van der Waals surface area contributed by atoms with Crippen LogP contribution < -0.4 is 0 Å². The van der Waals surface area contributed by atoms with Gasteiger partial charge in [-0.15, -0.1) is 0 Å². The maximum atomic E-state index is 14.0. The standard InChI is InChI=1S/C27H26N6O/c1-17(2)33-26-20(16-28-33)19(15-23(31-26)18-9-4-3-5-10-18)27(34)32-14-8-13-24(32)25-29-21-11-6-7-12-22(21)30-25/h3-7,9-12,15-17,24H,8,13-14H2,1-2H3,(H,29,30). The molecule has 1 saturated heterocycles. The highest BCUT2D eigenvalue weighted by molar-refractivity contribution is 6.06. The summed E-state index contributed by atoms with van der Waals surface area (Å²) in [6, 6.07) is 20.0. The maximum Gasteiger partial charge on any atom is 0.255 e. The molecule has 0 saturated carbocycles. The van der Waals surface area contributed by atoms with Crippen LogP contribution in [0.25, 0.3) is 33.3 Å². The normalized spacial score (nSPS) is 16.2. The number of amides is 1. The molecule has 34 heavy (non-hydrogen) atoms. The molecule has 7 nitrogen and oxygen atoms in total. The van der Waals surface area contributed by atoms with E-state index in [0.29, 0.717) is 12.1 Å². The van der Waals surface area contributed by atoms with Crippen LogP contribution in [-0.2, 0) is 0 Å². The summed E-state index contributed by atoms with van der Waals surface area (Å²) in [6.07, 6.45) is 3.60. The van der Waals surface area contributed by atoms with E-state index in [4.69, 9.17) is 9.97 Å². The van der Waals surface area contributed by atoms with E-state index in [1.165, 1.54) is 0 Å². The summed E-state index contributed by atoms with van der Waals surface area (Å²) >= 11 is 0. The topological polar surface area (TPSA) is 79.7 Å². The lowest BCUT2D eigenvalue weighted by molar-refractivity contribution is 0.0732. The van der Waals surface area contributed by atoms with Gasteiger partial charge in [-0.25, -0.2) is 14.6 Å². The summed E-state index contributed by atoms with van der Waals surface area (Å²) in [5.74, 6) is 0.842. The van der Waals surface area contributed by atoms with Gasteiger partial charge in [0.25, 0.3) is 5.91 Å². The van der Waals surface area contributed by atoms with Crippen molar-refractivity contribution in [3.05, 3.63) is 78.2 Å². The molecule has 0 aliphatic carbocycles. The number of fused-ring (bicyclic) bond motifs is 2. The van der Waals surface area contributed by atoms with Crippen LogP contribution in [0.4, 0.5) is 0 Å². The lowest BCUT2D eigenvalue weighted by Gasteiger charge is -2.24. The van der Waals surface area contributed by atoms with E-state index in [2.05, 4.69) is 23.9 Å². The summed E-state index contributed by atoms with van der Waals surface area (Å²) in [7, 11) is 0. The predicted molar refractivity (Wildman–Crippen MR) is 132 cm³/mol. The molecule has 6 rings (SSSR count). The Bertz CT molecular complexity index is 1470. The number of carbonyl (C=O) groups excluding carboxylic acids is 1. The fourth-order valence-electron chi connectivity index (χ4n) is 4.91. The second kappa shape index (κ2) is 8.09. The average Bonchev–Trinajstić information content (AvgIpc) is 3.60. The Morgan fingerprint density at radius 1 is 1.06 bits per heavy atom. The minimum Gasteiger partial charge on any atom is -0.340 e. The van der Waals surface area contributed by atoms with E-state index < -0.39 is 0 Å². The molecule has 1 N–H and O–H groups in total. The van der Waals surface area contributed by atoms with Gasteiger partial charge >= 0.3 is 0 Å². The molecular formula is C27H26N6O. The van der Waals surface area contributed by atoms with Crippen LogP contribution in [-0.4, -0.2) is 42.1 Å². The molecule has 1 aliphatic heterocycles. The zero-order valence-corrected chi connectivity index (χ0v) is 19.3. The number of hydrogen-bond donors (Lipinski definition) is 1. The van der Waals surface area contributed by atoms with Crippen LogP contribution in [0.1, 0.15) is 55.0 Å². The molecule has 2 aromatic carbocycles. The Kier molecular flexibility index (Phi) is 4.90. The first-order valence-electron chi connectivity index (χ1n) is 11.8. The highest BCUT2D eigenvalue weighted by Gasteiger charge is 2.34. The third-order valence-corrected chi connectivity index (χ3v) is 6.59. The number of nitrogens with one attached hydrogen (secondary N) is 1. The minimum atomic E-state index is -0.0802. The molecule has 3 aromatic heterocycles. The Balaban J connectivity index is 1.46. The van der Waals surface area contributed by atoms with E-state index in [1.54, 1.807) is 6.20 Å². The number of likely N-dealkylation sites (tertiary alicyclic amines) is 1. The van der Waals surface area contributed by atoms with Crippen molar-refractivity contribution in [1.29, 1.82) is 0 Å². The van der Waals surface area contributed by atoms with Gasteiger partial charge in [0, 0.05) is 18.2 Å². The minimum absolute atomic E-state index is 0.00385. The number of rotatable bonds is 4. The monoisotopic (exact) mass is 450 g/mol. The molecule has 7 heteroatoms. The van der Waals surface area contributed by atoms with E-state index in [0.717, 1.165) is 52.0 Å². The number of pyridine rings is 1. The van der Waals surface area contributed by atoms with E-state index in [1.807, 2.05) is 70.2 Å². The molecule has 1 unspecified atom stereocenters. The Hall–Kier alpha value is -4.00. The van der Waals surface area contributed by atoms with Gasteiger partial charge < -0.3 is 9.88 Å². The zero-order valence-electron chi connectivity index (χ0n) is 19.3. The van der Waals surface area contributed by atoms with Crippen molar-refractivity contribution in [1.82, 2.24) is 29.6 Å². The molecule has 4 heterocycles. The molecule has 0 bridgehead atoms. The van der Waals surface area contributed by atoms with Gasteiger partial charge in [-0.1, -0.05) is 42.5 Å². The summed E-state index contributed by atoms with van der Waals surface area (Å²) in [4.78, 5) is 29.1. The number of nitrogens with zero attached hydrogens (tertiary/aromatic N) is 5. The Labute approximate surface area is 197 Å². The van der Waals surface area contributed by atoms with Crippen LogP contribution in [0.5, 0.6) is 0 Å². The highest BCUT2D eigenvalue weighted by Crippen LogP contribution is 2.35. The lowest BCUT2D eigenvalue weighted by atomic mass is 10.1. The van der Waals surface area contributed by atoms with E-state index in [-0.39, 0.29) is 18.0 Å². The first-order valence-corrected chi connectivity index (χ1v) is 11.8. The molecule has 5 aromatic rings. The van der Waals surface area contributed by atoms with Gasteiger partial charge in [0.05, 0.1) is 39.9 Å². The van der Waals surface area contributed by atoms with Gasteiger partial charge in [0.15, 0.2) is 5.65 Å². The van der Waals surface area contributed by atoms with Crippen molar-refractivity contribution < 1.29 is 4.79 Å². The quantitative estimate of drug-likeness (QED) is 0.390. The van der Waals surface area contributed by atoms with Crippen molar-refractivity contribution in [3.8, 4) is 11.3 Å².